The van der Waals surface area contributed by atoms with E-state index in [1.807, 2.05) is 18.0 Å². The normalized spacial score (nSPS) is 27.8. The van der Waals surface area contributed by atoms with Gasteiger partial charge in [0.1, 0.15) is 6.10 Å². The van der Waals surface area contributed by atoms with Crippen molar-refractivity contribution < 1.29 is 14.6 Å². The predicted octanol–water partition coefficient (Wildman–Crippen LogP) is 1.90. The summed E-state index contributed by atoms with van der Waals surface area (Å²) in [6.45, 7) is 3.26. The third kappa shape index (κ3) is 4.81. The van der Waals surface area contributed by atoms with Crippen molar-refractivity contribution in [2.75, 3.05) is 33.4 Å². The third-order valence-electron chi connectivity index (χ3n) is 5.64. The molecule has 0 radical (unpaired) electrons. The van der Waals surface area contributed by atoms with Gasteiger partial charge in [0, 0.05) is 39.3 Å². The van der Waals surface area contributed by atoms with E-state index in [1.165, 1.54) is 5.56 Å². The summed E-state index contributed by atoms with van der Waals surface area (Å²) >= 11 is 0. The number of hydrogen-bond donors (Lipinski definition) is 1. The zero-order chi connectivity index (χ0) is 17.6. The first-order valence-corrected chi connectivity index (χ1v) is 9.42. The molecule has 3 rings (SSSR count). The molecule has 1 heterocycles. The summed E-state index contributed by atoms with van der Waals surface area (Å²) in [7, 11) is 1.91. The number of benzene rings is 1. The van der Waals surface area contributed by atoms with Crippen LogP contribution in [0.4, 0.5) is 0 Å². The van der Waals surface area contributed by atoms with E-state index in [0.717, 1.165) is 38.8 Å². The van der Waals surface area contributed by atoms with Gasteiger partial charge in [-0.2, -0.15) is 0 Å². The zero-order valence-electron chi connectivity index (χ0n) is 15.1. The second-order valence-electron chi connectivity index (χ2n) is 7.39. The molecule has 1 saturated carbocycles. The number of carbonyl (C=O) groups excluding carboxylic acids is 1. The summed E-state index contributed by atoms with van der Waals surface area (Å²) in [4.78, 5) is 17.1. The van der Waals surface area contributed by atoms with E-state index >= 15 is 0 Å². The quantitative estimate of drug-likeness (QED) is 0.885. The Morgan fingerprint density at radius 1 is 1.24 bits per heavy atom. The van der Waals surface area contributed by atoms with Crippen molar-refractivity contribution in [1.82, 2.24) is 9.80 Å². The van der Waals surface area contributed by atoms with Gasteiger partial charge in [0.25, 0.3) is 5.91 Å². The lowest BCUT2D eigenvalue weighted by Gasteiger charge is -2.38. The van der Waals surface area contributed by atoms with Gasteiger partial charge < -0.3 is 14.7 Å². The highest BCUT2D eigenvalue weighted by Crippen LogP contribution is 2.27. The Balaban J connectivity index is 1.52. The topological polar surface area (TPSA) is 53.0 Å². The van der Waals surface area contributed by atoms with Crippen molar-refractivity contribution in [2.24, 2.45) is 5.92 Å². The third-order valence-corrected chi connectivity index (χ3v) is 5.64. The Hall–Kier alpha value is -1.43. The van der Waals surface area contributed by atoms with E-state index in [4.69, 9.17) is 4.74 Å². The van der Waals surface area contributed by atoms with Crippen LogP contribution in [0.3, 0.4) is 0 Å². The maximum Gasteiger partial charge on any atom is 0.253 e. The maximum absolute atomic E-state index is 12.9. The predicted molar refractivity (Wildman–Crippen MR) is 97.1 cm³/mol. The fraction of sp³-hybridized carbons (Fsp3) is 0.650. The maximum atomic E-state index is 12.9. The first-order chi connectivity index (χ1) is 12.2. The molecule has 1 aromatic rings. The molecule has 1 saturated heterocycles. The standard InChI is InChI=1S/C20H30N2O3/c1-21(18-9-7-17(15-23)8-10-18)20(24)19-14-22(11-12-25-19)13-16-5-3-2-4-6-16/h2-6,17-19,23H,7-15H2,1H3. The van der Waals surface area contributed by atoms with E-state index in [-0.39, 0.29) is 24.7 Å². The zero-order valence-corrected chi connectivity index (χ0v) is 15.1. The van der Waals surface area contributed by atoms with E-state index in [9.17, 15) is 9.90 Å². The summed E-state index contributed by atoms with van der Waals surface area (Å²) in [5.41, 5.74) is 1.27. The smallest absolute Gasteiger partial charge is 0.253 e. The number of carbonyl (C=O) groups is 1. The van der Waals surface area contributed by atoms with Gasteiger partial charge in [-0.1, -0.05) is 30.3 Å². The number of aliphatic hydroxyl groups is 1. The number of morpholine rings is 1. The van der Waals surface area contributed by atoms with Gasteiger partial charge in [0.15, 0.2) is 0 Å². The van der Waals surface area contributed by atoms with E-state index in [1.54, 1.807) is 0 Å². The number of aliphatic hydroxyl groups excluding tert-OH is 1. The summed E-state index contributed by atoms with van der Waals surface area (Å²) in [5.74, 6) is 0.511. The summed E-state index contributed by atoms with van der Waals surface area (Å²) < 4.78 is 5.79. The van der Waals surface area contributed by atoms with Gasteiger partial charge in [0.05, 0.1) is 6.61 Å². The number of amides is 1. The lowest BCUT2D eigenvalue weighted by molar-refractivity contribution is -0.151. The molecule has 138 valence electrons. The molecule has 2 aliphatic rings. The van der Waals surface area contributed by atoms with Crippen LogP contribution in [0.25, 0.3) is 0 Å². The number of nitrogens with zero attached hydrogens (tertiary/aromatic N) is 2. The van der Waals surface area contributed by atoms with Gasteiger partial charge in [-0.25, -0.2) is 0 Å². The van der Waals surface area contributed by atoms with Crippen LogP contribution in [0.1, 0.15) is 31.2 Å². The lowest BCUT2D eigenvalue weighted by Crippen LogP contribution is -2.52. The van der Waals surface area contributed by atoms with Crippen LogP contribution in [0.15, 0.2) is 30.3 Å². The largest absolute Gasteiger partial charge is 0.396 e. The highest BCUT2D eigenvalue weighted by atomic mass is 16.5. The van der Waals surface area contributed by atoms with Crippen molar-refractivity contribution in [1.29, 1.82) is 0 Å². The molecular formula is C20H30N2O3. The first kappa shape index (κ1) is 18.4. The van der Waals surface area contributed by atoms with E-state index in [2.05, 4.69) is 29.2 Å². The van der Waals surface area contributed by atoms with Crippen LogP contribution < -0.4 is 0 Å². The molecule has 25 heavy (non-hydrogen) atoms. The Kier molecular flexibility index (Phi) is 6.45. The molecule has 1 N–H and O–H groups in total. The number of ether oxygens (including phenoxy) is 1. The molecule has 1 aliphatic carbocycles. The number of rotatable bonds is 5. The fourth-order valence-electron chi connectivity index (χ4n) is 3.96. The SMILES string of the molecule is CN(C(=O)C1CN(Cc2ccccc2)CCO1)C1CCC(CO)CC1. The molecule has 5 nitrogen and oxygen atoms in total. The minimum Gasteiger partial charge on any atom is -0.396 e. The Labute approximate surface area is 150 Å². The van der Waals surface area contributed by atoms with Crippen LogP contribution in [-0.4, -0.2) is 66.3 Å². The van der Waals surface area contributed by atoms with Crippen LogP contribution in [0.2, 0.25) is 0 Å². The summed E-state index contributed by atoms with van der Waals surface area (Å²) in [5, 5.41) is 9.27. The van der Waals surface area contributed by atoms with Gasteiger partial charge in [-0.15, -0.1) is 0 Å². The molecule has 1 unspecified atom stereocenters. The molecule has 2 fully saturated rings. The van der Waals surface area contributed by atoms with E-state index < -0.39 is 0 Å². The van der Waals surface area contributed by atoms with Crippen LogP contribution >= 0.6 is 0 Å². The molecule has 5 heteroatoms. The van der Waals surface area contributed by atoms with Crippen LogP contribution in [0, 0.1) is 5.92 Å². The van der Waals surface area contributed by atoms with Crippen LogP contribution in [-0.2, 0) is 16.1 Å². The highest BCUT2D eigenvalue weighted by Gasteiger charge is 2.33. The Bertz CT molecular complexity index is 543. The van der Waals surface area contributed by atoms with Crippen molar-refractivity contribution in [3.05, 3.63) is 35.9 Å². The lowest BCUT2D eigenvalue weighted by atomic mass is 9.86. The van der Waals surface area contributed by atoms with Crippen molar-refractivity contribution >= 4 is 5.91 Å². The van der Waals surface area contributed by atoms with Gasteiger partial charge in [-0.05, 0) is 37.2 Å². The van der Waals surface area contributed by atoms with Gasteiger partial charge >= 0.3 is 0 Å². The van der Waals surface area contributed by atoms with Crippen molar-refractivity contribution in [3.8, 4) is 0 Å². The number of hydrogen-bond acceptors (Lipinski definition) is 4. The Morgan fingerprint density at radius 3 is 2.64 bits per heavy atom. The van der Waals surface area contributed by atoms with Crippen molar-refractivity contribution in [3.63, 3.8) is 0 Å². The molecule has 1 amide bonds. The second kappa shape index (κ2) is 8.79. The molecule has 0 bridgehead atoms. The monoisotopic (exact) mass is 346 g/mol. The average Bonchev–Trinajstić information content (AvgIpc) is 2.68. The van der Waals surface area contributed by atoms with E-state index in [0.29, 0.717) is 19.1 Å². The highest BCUT2D eigenvalue weighted by molar-refractivity contribution is 5.81. The number of likely N-dealkylation sites (N-methyl/N-ethyl adjacent to an activating group) is 1. The minimum atomic E-state index is -0.363. The molecule has 0 aromatic heterocycles. The van der Waals surface area contributed by atoms with Crippen molar-refractivity contribution in [2.45, 2.75) is 44.4 Å². The first-order valence-electron chi connectivity index (χ1n) is 9.42. The van der Waals surface area contributed by atoms with Gasteiger partial charge in [-0.3, -0.25) is 9.69 Å². The molecule has 1 atom stereocenters. The molecule has 0 spiro atoms. The average molecular weight is 346 g/mol. The minimum absolute atomic E-state index is 0.102. The summed E-state index contributed by atoms with van der Waals surface area (Å²) in [6, 6.07) is 10.7. The molecule has 1 aliphatic heterocycles. The fourth-order valence-corrected chi connectivity index (χ4v) is 3.96. The second-order valence-corrected chi connectivity index (χ2v) is 7.39. The molecule has 1 aromatic carbocycles. The Morgan fingerprint density at radius 2 is 1.96 bits per heavy atom. The van der Waals surface area contributed by atoms with Gasteiger partial charge in [0.2, 0.25) is 0 Å². The summed E-state index contributed by atoms with van der Waals surface area (Å²) in [6.07, 6.45) is 3.61. The molecular weight excluding hydrogens is 316 g/mol. The van der Waals surface area contributed by atoms with Crippen LogP contribution in [0.5, 0.6) is 0 Å².